The van der Waals surface area contributed by atoms with Crippen LogP contribution in [0, 0.1) is 0 Å². The molecule has 0 saturated heterocycles. The Morgan fingerprint density at radius 1 is 0.348 bits per heavy atom. The fourth-order valence-corrected chi connectivity index (χ4v) is 9.74. The average molecular weight is 973 g/mol. The summed E-state index contributed by atoms with van der Waals surface area (Å²) in [5.74, 6) is -0.594. The first kappa shape index (κ1) is 67.5. The van der Waals surface area contributed by atoms with E-state index in [1.165, 1.54) is 244 Å². The van der Waals surface area contributed by atoms with Gasteiger partial charge in [-0.15, -0.1) is 0 Å². The number of allylic oxidation sites excluding steroid dienone is 6. The van der Waals surface area contributed by atoms with Crippen LogP contribution in [0.1, 0.15) is 328 Å². The van der Waals surface area contributed by atoms with Gasteiger partial charge in [0.25, 0.3) is 0 Å². The van der Waals surface area contributed by atoms with Gasteiger partial charge in [-0.2, -0.15) is 0 Å². The predicted molar refractivity (Wildman–Crippen MR) is 302 cm³/mol. The molecule has 0 bridgehead atoms. The maximum Gasteiger partial charge on any atom is 0.249 e. The molecule has 0 aliphatic carbocycles. The van der Waals surface area contributed by atoms with Gasteiger partial charge in [-0.3, -0.25) is 4.79 Å². The Balaban J connectivity index is 3.60. The summed E-state index contributed by atoms with van der Waals surface area (Å²) >= 11 is 0. The summed E-state index contributed by atoms with van der Waals surface area (Å²) in [6.45, 7) is 4.07. The van der Waals surface area contributed by atoms with Crippen LogP contribution in [0.3, 0.4) is 0 Å². The molecule has 0 heterocycles. The van der Waals surface area contributed by atoms with Crippen molar-refractivity contribution in [3.05, 3.63) is 36.5 Å². The van der Waals surface area contributed by atoms with E-state index in [0.717, 1.165) is 51.4 Å². The van der Waals surface area contributed by atoms with E-state index in [-0.39, 0.29) is 0 Å². The molecule has 6 nitrogen and oxygen atoms in total. The normalized spacial score (nSPS) is 13.9. The third-order valence-corrected chi connectivity index (χ3v) is 14.6. The topological polar surface area (TPSA) is 110 Å². The fraction of sp³-hybridized carbons (Fsp3) is 0.889. The van der Waals surface area contributed by atoms with Crippen molar-refractivity contribution >= 4 is 5.91 Å². The molecule has 4 atom stereocenters. The number of aliphatic hydroxyl groups is 4. The lowest BCUT2D eigenvalue weighted by atomic mass is 10.00. The smallest absolute Gasteiger partial charge is 0.249 e. The molecule has 408 valence electrons. The second-order valence-electron chi connectivity index (χ2n) is 21.4. The number of rotatable bonds is 57. The molecule has 0 aliphatic heterocycles. The molecule has 1 amide bonds. The van der Waals surface area contributed by atoms with Gasteiger partial charge in [-0.05, 0) is 64.2 Å². The van der Waals surface area contributed by atoms with Crippen LogP contribution in [0.2, 0.25) is 0 Å². The van der Waals surface area contributed by atoms with Gasteiger partial charge >= 0.3 is 0 Å². The quantitative estimate of drug-likeness (QED) is 0.0308. The Labute approximate surface area is 430 Å². The van der Waals surface area contributed by atoms with Crippen LogP contribution in [0.5, 0.6) is 0 Å². The van der Waals surface area contributed by atoms with Gasteiger partial charge in [0.1, 0.15) is 12.2 Å². The summed E-state index contributed by atoms with van der Waals surface area (Å²) in [4.78, 5) is 12.6. The number of carbonyl (C=O) groups is 1. The van der Waals surface area contributed by atoms with Crippen LogP contribution in [0.15, 0.2) is 36.5 Å². The van der Waals surface area contributed by atoms with E-state index in [1.54, 1.807) is 0 Å². The molecule has 0 spiro atoms. The lowest BCUT2D eigenvalue weighted by molar-refractivity contribution is -0.132. The number of hydrogen-bond donors (Lipinski definition) is 5. The molecular formula is C63H121NO5. The van der Waals surface area contributed by atoms with Crippen molar-refractivity contribution in [2.24, 2.45) is 0 Å². The van der Waals surface area contributed by atoms with Crippen molar-refractivity contribution < 1.29 is 25.2 Å². The molecule has 0 aromatic carbocycles. The fourth-order valence-electron chi connectivity index (χ4n) is 9.74. The number of amides is 1. The molecule has 0 aromatic heterocycles. The van der Waals surface area contributed by atoms with Crippen molar-refractivity contribution in [2.75, 3.05) is 6.61 Å². The first-order valence-electron chi connectivity index (χ1n) is 30.9. The van der Waals surface area contributed by atoms with Crippen molar-refractivity contribution in [3.63, 3.8) is 0 Å². The number of nitrogens with one attached hydrogen (secondary N) is 1. The molecule has 5 N–H and O–H groups in total. The Hall–Kier alpha value is -1.47. The van der Waals surface area contributed by atoms with Crippen LogP contribution in [-0.2, 0) is 4.79 Å². The standard InChI is InChI=1S/C63H121NO5/c1-3-5-7-9-11-13-15-17-19-21-23-25-26-27-28-29-30-31-32-33-34-35-37-39-41-43-45-47-49-51-53-55-57-61(67)63(69)64-59(58-65)62(68)60(66)56-54-52-50-48-46-44-42-40-38-36-24-22-20-18-16-14-12-10-8-6-4-2/h22,24,40,42,48,50,59-62,65-68H,3-21,23,25-39,41,43-47,49,51-58H2,1-2H3,(H,64,69)/b24-22+,42-40+,50-48+. The number of hydrogen-bond acceptors (Lipinski definition) is 5. The zero-order valence-corrected chi connectivity index (χ0v) is 46.3. The van der Waals surface area contributed by atoms with Crippen LogP contribution < -0.4 is 5.32 Å². The Morgan fingerprint density at radius 2 is 0.609 bits per heavy atom. The van der Waals surface area contributed by atoms with E-state index in [9.17, 15) is 25.2 Å². The second kappa shape index (κ2) is 57.4. The average Bonchev–Trinajstić information content (AvgIpc) is 3.35. The molecule has 69 heavy (non-hydrogen) atoms. The number of carbonyl (C=O) groups excluding carboxylic acids is 1. The zero-order valence-electron chi connectivity index (χ0n) is 46.3. The Kier molecular flexibility index (Phi) is 56.2. The third kappa shape index (κ3) is 51.2. The highest BCUT2D eigenvalue weighted by Gasteiger charge is 2.28. The summed E-state index contributed by atoms with van der Waals surface area (Å²) in [5.41, 5.74) is 0. The van der Waals surface area contributed by atoms with Crippen molar-refractivity contribution in [3.8, 4) is 0 Å². The Bertz CT molecular complexity index is 1090. The third-order valence-electron chi connectivity index (χ3n) is 14.6. The minimum absolute atomic E-state index is 0.362. The highest BCUT2D eigenvalue weighted by Crippen LogP contribution is 2.18. The van der Waals surface area contributed by atoms with Gasteiger partial charge in [0.05, 0.1) is 18.8 Å². The van der Waals surface area contributed by atoms with E-state index in [0.29, 0.717) is 19.3 Å². The molecule has 0 radical (unpaired) electrons. The van der Waals surface area contributed by atoms with Crippen LogP contribution >= 0.6 is 0 Å². The van der Waals surface area contributed by atoms with E-state index in [4.69, 9.17) is 0 Å². The molecule has 4 unspecified atom stereocenters. The summed E-state index contributed by atoms with van der Waals surface area (Å²) in [6.07, 6.45) is 72.4. The minimum atomic E-state index is -1.29. The van der Waals surface area contributed by atoms with Gasteiger partial charge in [-0.25, -0.2) is 0 Å². The summed E-state index contributed by atoms with van der Waals surface area (Å²) in [6, 6.07) is -1.01. The van der Waals surface area contributed by atoms with E-state index in [2.05, 4.69) is 55.6 Å². The summed E-state index contributed by atoms with van der Waals surface area (Å²) in [5, 5.41) is 44.0. The largest absolute Gasteiger partial charge is 0.394 e. The van der Waals surface area contributed by atoms with E-state index in [1.807, 2.05) is 0 Å². The molecule has 0 aromatic rings. The van der Waals surface area contributed by atoms with Crippen molar-refractivity contribution in [1.29, 1.82) is 0 Å². The molecule has 0 rings (SSSR count). The molecule has 0 aliphatic rings. The van der Waals surface area contributed by atoms with Gasteiger partial charge in [0.2, 0.25) is 5.91 Å². The van der Waals surface area contributed by atoms with E-state index < -0.39 is 36.9 Å². The Morgan fingerprint density at radius 3 is 0.913 bits per heavy atom. The highest BCUT2D eigenvalue weighted by molar-refractivity contribution is 5.80. The van der Waals surface area contributed by atoms with Gasteiger partial charge < -0.3 is 25.7 Å². The predicted octanol–water partition coefficient (Wildman–Crippen LogP) is 18.4. The van der Waals surface area contributed by atoms with Crippen LogP contribution in [-0.4, -0.2) is 57.3 Å². The molecule has 0 fully saturated rings. The molecular weight excluding hydrogens is 851 g/mol. The van der Waals surface area contributed by atoms with Gasteiger partial charge in [-0.1, -0.05) is 301 Å². The molecule has 0 saturated carbocycles. The van der Waals surface area contributed by atoms with Crippen molar-refractivity contribution in [1.82, 2.24) is 5.32 Å². The second-order valence-corrected chi connectivity index (χ2v) is 21.4. The van der Waals surface area contributed by atoms with Gasteiger partial charge in [0.15, 0.2) is 0 Å². The monoisotopic (exact) mass is 972 g/mol. The number of aliphatic hydroxyl groups excluding tert-OH is 4. The number of unbranched alkanes of at least 4 members (excludes halogenated alkanes) is 42. The summed E-state index contributed by atoms with van der Waals surface area (Å²) in [7, 11) is 0. The van der Waals surface area contributed by atoms with Gasteiger partial charge in [0, 0.05) is 0 Å². The first-order valence-corrected chi connectivity index (χ1v) is 30.9. The zero-order chi connectivity index (χ0) is 50.2. The lowest BCUT2D eigenvalue weighted by Crippen LogP contribution is -2.53. The maximum atomic E-state index is 12.6. The highest BCUT2D eigenvalue weighted by atomic mass is 16.3. The maximum absolute atomic E-state index is 12.6. The van der Waals surface area contributed by atoms with Crippen LogP contribution in [0.4, 0.5) is 0 Å². The summed E-state index contributed by atoms with van der Waals surface area (Å²) < 4.78 is 0. The molecule has 6 heteroatoms. The minimum Gasteiger partial charge on any atom is -0.394 e. The van der Waals surface area contributed by atoms with Crippen molar-refractivity contribution in [2.45, 2.75) is 353 Å². The first-order chi connectivity index (χ1) is 34.0. The SMILES string of the molecule is CCCCCCCCCC/C=C/CC/C=C/CC/C=C/CCCC(O)C(O)C(CO)NC(=O)C(O)CCCCCCCCCCCCCCCCCCCCCCCCCCCCCCCCCC. The van der Waals surface area contributed by atoms with E-state index >= 15 is 0 Å². The van der Waals surface area contributed by atoms with Crippen LogP contribution in [0.25, 0.3) is 0 Å². The lowest BCUT2D eigenvalue weighted by Gasteiger charge is -2.27.